The maximum absolute atomic E-state index is 12.2. The standard InChI is InChI=1S/C16H17NO3/c1-3-20-16(19)14-5-4-10-17(15(14)18)11-13-8-6-12(2)7-9-13/h4-10H,3,11H2,1-2H3. The zero-order valence-electron chi connectivity index (χ0n) is 11.6. The van der Waals surface area contributed by atoms with E-state index < -0.39 is 5.97 Å². The van der Waals surface area contributed by atoms with Crippen LogP contribution < -0.4 is 5.56 Å². The van der Waals surface area contributed by atoms with Crippen LogP contribution in [0.4, 0.5) is 0 Å². The van der Waals surface area contributed by atoms with Gasteiger partial charge in [-0.2, -0.15) is 0 Å². The number of hydrogen-bond acceptors (Lipinski definition) is 3. The van der Waals surface area contributed by atoms with E-state index in [0.717, 1.165) is 5.56 Å². The zero-order chi connectivity index (χ0) is 14.5. The first-order chi connectivity index (χ1) is 9.61. The Morgan fingerprint density at radius 1 is 1.20 bits per heavy atom. The molecular weight excluding hydrogens is 254 g/mol. The predicted molar refractivity (Wildman–Crippen MR) is 76.9 cm³/mol. The molecule has 0 N–H and O–H groups in total. The van der Waals surface area contributed by atoms with Crippen molar-refractivity contribution >= 4 is 5.97 Å². The van der Waals surface area contributed by atoms with Crippen molar-refractivity contribution in [2.45, 2.75) is 20.4 Å². The van der Waals surface area contributed by atoms with Gasteiger partial charge < -0.3 is 9.30 Å². The molecule has 0 fully saturated rings. The highest BCUT2D eigenvalue weighted by atomic mass is 16.5. The molecule has 0 bridgehead atoms. The van der Waals surface area contributed by atoms with Crippen molar-refractivity contribution < 1.29 is 9.53 Å². The highest BCUT2D eigenvalue weighted by molar-refractivity contribution is 5.88. The van der Waals surface area contributed by atoms with E-state index >= 15 is 0 Å². The van der Waals surface area contributed by atoms with Gasteiger partial charge in [-0.25, -0.2) is 4.79 Å². The van der Waals surface area contributed by atoms with Crippen molar-refractivity contribution in [2.24, 2.45) is 0 Å². The molecule has 1 heterocycles. The summed E-state index contributed by atoms with van der Waals surface area (Å²) >= 11 is 0. The van der Waals surface area contributed by atoms with Crippen LogP contribution in [0.3, 0.4) is 0 Å². The van der Waals surface area contributed by atoms with Crippen LogP contribution in [0.25, 0.3) is 0 Å². The van der Waals surface area contributed by atoms with E-state index in [-0.39, 0.29) is 17.7 Å². The van der Waals surface area contributed by atoms with Gasteiger partial charge in [-0.05, 0) is 31.5 Å². The average molecular weight is 271 g/mol. The third kappa shape index (κ3) is 3.15. The van der Waals surface area contributed by atoms with Crippen LogP contribution >= 0.6 is 0 Å². The smallest absolute Gasteiger partial charge is 0.343 e. The molecule has 0 spiro atoms. The number of aromatic nitrogens is 1. The number of nitrogens with zero attached hydrogens (tertiary/aromatic N) is 1. The Morgan fingerprint density at radius 2 is 1.90 bits per heavy atom. The quantitative estimate of drug-likeness (QED) is 0.802. The van der Waals surface area contributed by atoms with Crippen LogP contribution in [0.15, 0.2) is 47.4 Å². The van der Waals surface area contributed by atoms with E-state index in [2.05, 4.69) is 0 Å². The van der Waals surface area contributed by atoms with Crippen LogP contribution in [0.5, 0.6) is 0 Å². The van der Waals surface area contributed by atoms with Crippen LogP contribution in [0, 0.1) is 6.92 Å². The van der Waals surface area contributed by atoms with Gasteiger partial charge in [0.05, 0.1) is 13.2 Å². The maximum Gasteiger partial charge on any atom is 0.343 e. The Morgan fingerprint density at radius 3 is 2.55 bits per heavy atom. The molecule has 0 radical (unpaired) electrons. The van der Waals surface area contributed by atoms with Crippen molar-refractivity contribution in [3.63, 3.8) is 0 Å². The molecule has 4 nitrogen and oxygen atoms in total. The number of ether oxygens (including phenoxy) is 1. The molecule has 1 aromatic heterocycles. The number of carbonyl (C=O) groups is 1. The fraction of sp³-hybridized carbons (Fsp3) is 0.250. The van der Waals surface area contributed by atoms with Gasteiger partial charge >= 0.3 is 5.97 Å². The summed E-state index contributed by atoms with van der Waals surface area (Å²) < 4.78 is 6.39. The van der Waals surface area contributed by atoms with Gasteiger partial charge in [0, 0.05) is 6.20 Å². The van der Waals surface area contributed by atoms with Crippen LogP contribution in [0.1, 0.15) is 28.4 Å². The Hall–Kier alpha value is -2.36. The van der Waals surface area contributed by atoms with Crippen molar-refractivity contribution in [3.8, 4) is 0 Å². The minimum atomic E-state index is -0.573. The molecule has 0 saturated carbocycles. The molecule has 2 aromatic rings. The lowest BCUT2D eigenvalue weighted by atomic mass is 10.1. The molecule has 0 unspecified atom stereocenters. The largest absolute Gasteiger partial charge is 0.462 e. The lowest BCUT2D eigenvalue weighted by Gasteiger charge is -2.08. The second-order valence-electron chi connectivity index (χ2n) is 4.56. The number of hydrogen-bond donors (Lipinski definition) is 0. The molecule has 0 aliphatic rings. The maximum atomic E-state index is 12.2. The van der Waals surface area contributed by atoms with E-state index in [4.69, 9.17) is 4.74 Å². The van der Waals surface area contributed by atoms with E-state index in [1.165, 1.54) is 16.2 Å². The lowest BCUT2D eigenvalue weighted by molar-refractivity contribution is 0.0523. The normalized spacial score (nSPS) is 10.3. The summed E-state index contributed by atoms with van der Waals surface area (Å²) in [5.74, 6) is -0.573. The molecule has 0 saturated heterocycles. The van der Waals surface area contributed by atoms with Gasteiger partial charge in [0.25, 0.3) is 5.56 Å². The fourth-order valence-corrected chi connectivity index (χ4v) is 1.92. The number of esters is 1. The SMILES string of the molecule is CCOC(=O)c1cccn(Cc2ccc(C)cc2)c1=O. The summed E-state index contributed by atoms with van der Waals surface area (Å²) in [6.45, 7) is 4.42. The molecule has 20 heavy (non-hydrogen) atoms. The fourth-order valence-electron chi connectivity index (χ4n) is 1.92. The number of carbonyl (C=O) groups excluding carboxylic acids is 1. The summed E-state index contributed by atoms with van der Waals surface area (Å²) in [6.07, 6.45) is 1.67. The molecule has 0 amide bonds. The second-order valence-corrected chi connectivity index (χ2v) is 4.56. The average Bonchev–Trinajstić information content (AvgIpc) is 2.44. The predicted octanol–water partition coefficient (Wildman–Crippen LogP) is 2.38. The van der Waals surface area contributed by atoms with E-state index in [1.807, 2.05) is 31.2 Å². The third-order valence-corrected chi connectivity index (χ3v) is 2.99. The highest BCUT2D eigenvalue weighted by Crippen LogP contribution is 2.05. The van der Waals surface area contributed by atoms with Crippen molar-refractivity contribution in [1.82, 2.24) is 4.57 Å². The molecular formula is C16H17NO3. The van der Waals surface area contributed by atoms with Crippen LogP contribution in [0.2, 0.25) is 0 Å². The van der Waals surface area contributed by atoms with Crippen LogP contribution in [-0.4, -0.2) is 17.1 Å². The zero-order valence-corrected chi connectivity index (χ0v) is 11.6. The van der Waals surface area contributed by atoms with Crippen molar-refractivity contribution in [3.05, 3.63) is 69.6 Å². The molecule has 0 aliphatic heterocycles. The Bertz CT molecular complexity index is 656. The first-order valence-corrected chi connectivity index (χ1v) is 6.54. The topological polar surface area (TPSA) is 48.3 Å². The summed E-state index contributed by atoms with van der Waals surface area (Å²) in [5.41, 5.74) is 1.92. The molecule has 0 aliphatic carbocycles. The lowest BCUT2D eigenvalue weighted by Crippen LogP contribution is -2.27. The van der Waals surface area contributed by atoms with Gasteiger partial charge in [-0.1, -0.05) is 29.8 Å². The van der Waals surface area contributed by atoms with Gasteiger partial charge in [0.2, 0.25) is 0 Å². The first kappa shape index (κ1) is 14.1. The molecule has 4 heteroatoms. The minimum Gasteiger partial charge on any atom is -0.462 e. The Labute approximate surface area is 117 Å². The first-order valence-electron chi connectivity index (χ1n) is 6.54. The van der Waals surface area contributed by atoms with E-state index in [1.54, 1.807) is 19.2 Å². The Balaban J connectivity index is 2.29. The van der Waals surface area contributed by atoms with Gasteiger partial charge in [-0.15, -0.1) is 0 Å². The van der Waals surface area contributed by atoms with Crippen molar-refractivity contribution in [1.29, 1.82) is 0 Å². The van der Waals surface area contributed by atoms with E-state index in [9.17, 15) is 9.59 Å². The number of pyridine rings is 1. The summed E-state index contributed by atoms with van der Waals surface area (Å²) in [4.78, 5) is 23.9. The summed E-state index contributed by atoms with van der Waals surface area (Å²) in [6, 6.07) is 11.1. The monoisotopic (exact) mass is 271 g/mol. The van der Waals surface area contributed by atoms with Crippen LogP contribution in [-0.2, 0) is 11.3 Å². The van der Waals surface area contributed by atoms with Gasteiger partial charge in [0.1, 0.15) is 5.56 Å². The third-order valence-electron chi connectivity index (χ3n) is 2.99. The van der Waals surface area contributed by atoms with Crippen molar-refractivity contribution in [2.75, 3.05) is 6.61 Å². The number of benzene rings is 1. The molecule has 104 valence electrons. The summed E-state index contributed by atoms with van der Waals surface area (Å²) in [5, 5.41) is 0. The van der Waals surface area contributed by atoms with Gasteiger partial charge in [0.15, 0.2) is 0 Å². The van der Waals surface area contributed by atoms with Gasteiger partial charge in [-0.3, -0.25) is 4.79 Å². The highest BCUT2D eigenvalue weighted by Gasteiger charge is 2.12. The number of rotatable bonds is 4. The molecule has 2 rings (SSSR count). The Kier molecular flexibility index (Phi) is 4.35. The second kappa shape index (κ2) is 6.19. The molecule has 1 aromatic carbocycles. The number of aryl methyl sites for hydroxylation is 1. The summed E-state index contributed by atoms with van der Waals surface area (Å²) in [7, 11) is 0. The molecule has 0 atom stereocenters. The van der Waals surface area contributed by atoms with E-state index in [0.29, 0.717) is 6.54 Å². The minimum absolute atomic E-state index is 0.0708.